The van der Waals surface area contributed by atoms with Crippen molar-refractivity contribution < 1.29 is 4.39 Å². The zero-order valence-corrected chi connectivity index (χ0v) is 6.45. The second-order valence-electron chi connectivity index (χ2n) is 2.22. The van der Waals surface area contributed by atoms with Gasteiger partial charge in [-0.15, -0.1) is 11.6 Å². The number of hydrogen-bond acceptors (Lipinski definition) is 0. The summed E-state index contributed by atoms with van der Waals surface area (Å²) in [5.41, 5.74) is 1.48. The minimum atomic E-state index is -0.182. The van der Waals surface area contributed by atoms with Gasteiger partial charge in [0.25, 0.3) is 0 Å². The third-order valence-electron chi connectivity index (χ3n) is 1.39. The Morgan fingerprint density at radius 1 is 1.50 bits per heavy atom. The molecule has 0 aliphatic carbocycles. The monoisotopic (exact) mass is 158 g/mol. The second kappa shape index (κ2) is 3.02. The molecule has 0 unspecified atom stereocenters. The fourth-order valence-corrected chi connectivity index (χ4v) is 0.886. The van der Waals surface area contributed by atoms with Gasteiger partial charge in [-0.2, -0.15) is 0 Å². The Balaban J connectivity index is 3.04. The molecule has 0 amide bonds. The quantitative estimate of drug-likeness (QED) is 0.552. The summed E-state index contributed by atoms with van der Waals surface area (Å²) in [7, 11) is 0. The molecule has 0 saturated heterocycles. The summed E-state index contributed by atoms with van der Waals surface area (Å²) < 4.78 is 12.7. The molecule has 0 saturated carbocycles. The molecule has 0 aliphatic rings. The summed E-state index contributed by atoms with van der Waals surface area (Å²) in [4.78, 5) is 0. The van der Waals surface area contributed by atoms with Crippen LogP contribution in [0.2, 0.25) is 0 Å². The van der Waals surface area contributed by atoms with Crippen molar-refractivity contribution in [2.45, 2.75) is 12.8 Å². The standard InChI is InChI=1S/C8H8ClF/c1-6-2-3-7(5-9)4-8(6)10/h2-4H,5H2,1H3. The maximum atomic E-state index is 12.7. The number of rotatable bonds is 1. The zero-order valence-electron chi connectivity index (χ0n) is 5.70. The van der Waals surface area contributed by atoms with Gasteiger partial charge in [-0.05, 0) is 24.1 Å². The lowest BCUT2D eigenvalue weighted by Gasteiger charge is -1.97. The molecule has 1 aromatic carbocycles. The first-order valence-corrected chi connectivity index (χ1v) is 3.58. The molecule has 0 spiro atoms. The molecule has 0 radical (unpaired) electrons. The van der Waals surface area contributed by atoms with Crippen LogP contribution in [0.5, 0.6) is 0 Å². The predicted molar refractivity (Wildman–Crippen MR) is 40.7 cm³/mol. The molecule has 1 rings (SSSR count). The number of hydrogen-bond donors (Lipinski definition) is 0. The molecular weight excluding hydrogens is 151 g/mol. The Morgan fingerprint density at radius 3 is 2.70 bits per heavy atom. The number of alkyl halides is 1. The van der Waals surface area contributed by atoms with Crippen molar-refractivity contribution in [1.82, 2.24) is 0 Å². The maximum Gasteiger partial charge on any atom is 0.126 e. The lowest BCUT2D eigenvalue weighted by molar-refractivity contribution is 0.617. The van der Waals surface area contributed by atoms with Crippen molar-refractivity contribution in [3.63, 3.8) is 0 Å². The second-order valence-corrected chi connectivity index (χ2v) is 2.48. The van der Waals surface area contributed by atoms with E-state index < -0.39 is 0 Å². The summed E-state index contributed by atoms with van der Waals surface area (Å²) in [5, 5.41) is 0. The Kier molecular flexibility index (Phi) is 2.28. The molecule has 0 aromatic heterocycles. The Bertz CT molecular complexity index is 233. The van der Waals surface area contributed by atoms with E-state index in [0.717, 1.165) is 5.56 Å². The van der Waals surface area contributed by atoms with E-state index in [0.29, 0.717) is 11.4 Å². The molecule has 0 fully saturated rings. The highest BCUT2D eigenvalue weighted by Crippen LogP contribution is 2.10. The first-order valence-electron chi connectivity index (χ1n) is 3.05. The molecule has 2 heteroatoms. The van der Waals surface area contributed by atoms with Gasteiger partial charge in [0.2, 0.25) is 0 Å². The van der Waals surface area contributed by atoms with Crippen molar-refractivity contribution in [1.29, 1.82) is 0 Å². The van der Waals surface area contributed by atoms with Crippen molar-refractivity contribution in [2.24, 2.45) is 0 Å². The van der Waals surface area contributed by atoms with Gasteiger partial charge in [0.1, 0.15) is 5.82 Å². The minimum Gasteiger partial charge on any atom is -0.207 e. The Morgan fingerprint density at radius 2 is 2.20 bits per heavy atom. The van der Waals surface area contributed by atoms with Crippen LogP contribution in [0.25, 0.3) is 0 Å². The van der Waals surface area contributed by atoms with Crippen LogP contribution in [0.3, 0.4) is 0 Å². The van der Waals surface area contributed by atoms with E-state index in [1.54, 1.807) is 13.0 Å². The zero-order chi connectivity index (χ0) is 7.56. The average Bonchev–Trinajstić information content (AvgIpc) is 1.95. The molecule has 0 bridgehead atoms. The Hall–Kier alpha value is -0.560. The summed E-state index contributed by atoms with van der Waals surface area (Å²) in [6.45, 7) is 1.73. The lowest BCUT2D eigenvalue weighted by Crippen LogP contribution is -1.84. The molecule has 54 valence electrons. The average molecular weight is 159 g/mol. The molecule has 0 aliphatic heterocycles. The topological polar surface area (TPSA) is 0 Å². The Labute approximate surface area is 64.6 Å². The fraction of sp³-hybridized carbons (Fsp3) is 0.250. The molecule has 0 nitrogen and oxygen atoms in total. The smallest absolute Gasteiger partial charge is 0.126 e. The van der Waals surface area contributed by atoms with Crippen molar-refractivity contribution in [2.75, 3.05) is 0 Å². The summed E-state index contributed by atoms with van der Waals surface area (Å²) in [6, 6.07) is 5.01. The van der Waals surface area contributed by atoms with Crippen LogP contribution < -0.4 is 0 Å². The maximum absolute atomic E-state index is 12.7. The third kappa shape index (κ3) is 1.48. The highest BCUT2D eigenvalue weighted by Gasteiger charge is 1.96. The van der Waals surface area contributed by atoms with Gasteiger partial charge in [-0.3, -0.25) is 0 Å². The predicted octanol–water partition coefficient (Wildman–Crippen LogP) is 2.87. The SMILES string of the molecule is Cc1ccc(CCl)cc1F. The van der Waals surface area contributed by atoms with Crippen molar-refractivity contribution in [3.05, 3.63) is 35.1 Å². The van der Waals surface area contributed by atoms with E-state index in [2.05, 4.69) is 0 Å². The van der Waals surface area contributed by atoms with Crippen molar-refractivity contribution in [3.8, 4) is 0 Å². The lowest BCUT2D eigenvalue weighted by atomic mass is 10.2. The van der Waals surface area contributed by atoms with E-state index in [1.165, 1.54) is 6.07 Å². The highest BCUT2D eigenvalue weighted by molar-refractivity contribution is 6.17. The van der Waals surface area contributed by atoms with Crippen LogP contribution in [0.4, 0.5) is 4.39 Å². The van der Waals surface area contributed by atoms with Gasteiger partial charge >= 0.3 is 0 Å². The van der Waals surface area contributed by atoms with Gasteiger partial charge in [0.05, 0.1) is 0 Å². The summed E-state index contributed by atoms with van der Waals surface area (Å²) >= 11 is 5.48. The normalized spacial score (nSPS) is 9.90. The largest absolute Gasteiger partial charge is 0.207 e. The molecule has 0 atom stereocenters. The molecule has 0 N–H and O–H groups in total. The molecular formula is C8H8ClF. The van der Waals surface area contributed by atoms with Crippen LogP contribution in [-0.2, 0) is 5.88 Å². The minimum absolute atomic E-state index is 0.182. The van der Waals surface area contributed by atoms with Gasteiger partial charge in [-0.1, -0.05) is 12.1 Å². The summed E-state index contributed by atoms with van der Waals surface area (Å²) in [6.07, 6.45) is 0. The van der Waals surface area contributed by atoms with Gasteiger partial charge in [-0.25, -0.2) is 4.39 Å². The van der Waals surface area contributed by atoms with Crippen LogP contribution >= 0.6 is 11.6 Å². The van der Waals surface area contributed by atoms with E-state index >= 15 is 0 Å². The highest BCUT2D eigenvalue weighted by atomic mass is 35.5. The van der Waals surface area contributed by atoms with Crippen LogP contribution in [-0.4, -0.2) is 0 Å². The van der Waals surface area contributed by atoms with Crippen LogP contribution in [0.15, 0.2) is 18.2 Å². The van der Waals surface area contributed by atoms with Crippen LogP contribution in [0.1, 0.15) is 11.1 Å². The van der Waals surface area contributed by atoms with E-state index in [-0.39, 0.29) is 5.82 Å². The fourth-order valence-electron chi connectivity index (χ4n) is 0.719. The van der Waals surface area contributed by atoms with E-state index in [4.69, 9.17) is 11.6 Å². The molecule has 1 aromatic rings. The molecule has 10 heavy (non-hydrogen) atoms. The first-order chi connectivity index (χ1) is 4.74. The number of benzene rings is 1. The van der Waals surface area contributed by atoms with E-state index in [1.807, 2.05) is 6.07 Å². The van der Waals surface area contributed by atoms with Crippen LogP contribution in [0, 0.1) is 12.7 Å². The van der Waals surface area contributed by atoms with Gasteiger partial charge in [0.15, 0.2) is 0 Å². The summed E-state index contributed by atoms with van der Waals surface area (Å²) in [5.74, 6) is 0.190. The third-order valence-corrected chi connectivity index (χ3v) is 1.70. The first kappa shape index (κ1) is 7.55. The van der Waals surface area contributed by atoms with E-state index in [9.17, 15) is 4.39 Å². The van der Waals surface area contributed by atoms with Gasteiger partial charge in [0, 0.05) is 5.88 Å². The van der Waals surface area contributed by atoms with Gasteiger partial charge < -0.3 is 0 Å². The molecule has 0 heterocycles. The van der Waals surface area contributed by atoms with Crippen molar-refractivity contribution >= 4 is 11.6 Å². The number of aryl methyl sites for hydroxylation is 1. The number of halogens is 2.